The standard InChI is InChI=1S/C12H15ClO2S/c1-12(7-10(12)8-13)9-3-5-11(6-4-9)16(2,14)15/h3-6,10H,7-8H2,1-2H3. The van der Waals surface area contributed by atoms with E-state index in [1.165, 1.54) is 11.8 Å². The molecule has 0 heterocycles. The highest BCUT2D eigenvalue weighted by Gasteiger charge is 2.50. The summed E-state index contributed by atoms with van der Waals surface area (Å²) in [5.74, 6) is 1.20. The van der Waals surface area contributed by atoms with E-state index in [1.54, 1.807) is 12.1 Å². The van der Waals surface area contributed by atoms with Gasteiger partial charge < -0.3 is 0 Å². The van der Waals surface area contributed by atoms with Crippen LogP contribution in [0, 0.1) is 5.92 Å². The third-order valence-corrected chi connectivity index (χ3v) is 5.04. The minimum atomic E-state index is -3.09. The van der Waals surface area contributed by atoms with Crippen molar-refractivity contribution in [2.75, 3.05) is 12.1 Å². The molecule has 0 spiro atoms. The monoisotopic (exact) mass is 258 g/mol. The molecule has 2 unspecified atom stereocenters. The summed E-state index contributed by atoms with van der Waals surface area (Å²) in [4.78, 5) is 0.378. The Morgan fingerprint density at radius 2 is 1.94 bits per heavy atom. The molecule has 0 bridgehead atoms. The van der Waals surface area contributed by atoms with E-state index in [0.29, 0.717) is 16.7 Å². The van der Waals surface area contributed by atoms with Crippen molar-refractivity contribution in [1.82, 2.24) is 0 Å². The lowest BCUT2D eigenvalue weighted by Gasteiger charge is -2.11. The number of rotatable bonds is 3. The predicted octanol–water partition coefficient (Wildman–Crippen LogP) is 2.61. The molecule has 0 saturated heterocycles. The van der Waals surface area contributed by atoms with Crippen molar-refractivity contribution in [3.63, 3.8) is 0 Å². The molecular weight excluding hydrogens is 244 g/mol. The van der Waals surface area contributed by atoms with Gasteiger partial charge in [0.15, 0.2) is 9.84 Å². The smallest absolute Gasteiger partial charge is 0.175 e. The van der Waals surface area contributed by atoms with Crippen molar-refractivity contribution in [3.05, 3.63) is 29.8 Å². The Bertz CT molecular complexity index is 492. The van der Waals surface area contributed by atoms with E-state index in [9.17, 15) is 8.42 Å². The second-order valence-corrected chi connectivity index (χ2v) is 7.09. The lowest BCUT2D eigenvalue weighted by molar-refractivity contribution is 0.601. The molecule has 0 amide bonds. The minimum Gasteiger partial charge on any atom is -0.224 e. The summed E-state index contributed by atoms with van der Waals surface area (Å²) in [6.45, 7) is 2.18. The minimum absolute atomic E-state index is 0.151. The zero-order chi connectivity index (χ0) is 12.0. The number of hydrogen-bond donors (Lipinski definition) is 0. The van der Waals surface area contributed by atoms with Gasteiger partial charge >= 0.3 is 0 Å². The molecule has 88 valence electrons. The van der Waals surface area contributed by atoms with Crippen LogP contribution in [0.25, 0.3) is 0 Å². The van der Waals surface area contributed by atoms with Gasteiger partial charge in [0.05, 0.1) is 4.90 Å². The zero-order valence-corrected chi connectivity index (χ0v) is 11.0. The third-order valence-electron chi connectivity index (χ3n) is 3.54. The van der Waals surface area contributed by atoms with Crippen LogP contribution in [0.15, 0.2) is 29.2 Å². The fourth-order valence-corrected chi connectivity index (χ4v) is 3.19. The summed E-state index contributed by atoms with van der Waals surface area (Å²) >= 11 is 5.84. The Kier molecular flexibility index (Phi) is 2.79. The van der Waals surface area contributed by atoms with Crippen LogP contribution >= 0.6 is 11.6 Å². The number of sulfone groups is 1. The molecule has 1 fully saturated rings. The fraction of sp³-hybridized carbons (Fsp3) is 0.500. The van der Waals surface area contributed by atoms with Crippen LogP contribution in [0.2, 0.25) is 0 Å². The average Bonchev–Trinajstić information content (AvgIpc) is 2.90. The van der Waals surface area contributed by atoms with E-state index in [0.717, 1.165) is 6.42 Å². The van der Waals surface area contributed by atoms with Gasteiger partial charge in [-0.1, -0.05) is 19.1 Å². The normalized spacial score (nSPS) is 29.1. The summed E-state index contributed by atoms with van der Waals surface area (Å²) in [6, 6.07) is 7.17. The molecule has 1 aliphatic carbocycles. The van der Waals surface area contributed by atoms with E-state index >= 15 is 0 Å². The van der Waals surface area contributed by atoms with Crippen LogP contribution in [0.1, 0.15) is 18.9 Å². The van der Waals surface area contributed by atoms with Gasteiger partial charge in [-0.2, -0.15) is 0 Å². The third kappa shape index (κ3) is 1.98. The second kappa shape index (κ2) is 3.74. The lowest BCUT2D eigenvalue weighted by Crippen LogP contribution is -2.06. The number of halogens is 1. The first kappa shape index (κ1) is 11.9. The van der Waals surface area contributed by atoms with Crippen LogP contribution in [-0.2, 0) is 15.3 Å². The van der Waals surface area contributed by atoms with Crippen molar-refractivity contribution in [1.29, 1.82) is 0 Å². The lowest BCUT2D eigenvalue weighted by atomic mass is 9.96. The topological polar surface area (TPSA) is 34.1 Å². The first-order valence-electron chi connectivity index (χ1n) is 5.24. The second-order valence-electron chi connectivity index (χ2n) is 4.77. The van der Waals surface area contributed by atoms with Crippen molar-refractivity contribution in [2.24, 2.45) is 5.92 Å². The van der Waals surface area contributed by atoms with Gasteiger partial charge in [-0.25, -0.2) is 8.42 Å². The van der Waals surface area contributed by atoms with Crippen molar-refractivity contribution >= 4 is 21.4 Å². The number of hydrogen-bond acceptors (Lipinski definition) is 2. The summed E-state index contributed by atoms with van der Waals surface area (Å²) in [5, 5.41) is 0. The molecule has 2 nitrogen and oxygen atoms in total. The Labute approximate surface area is 102 Å². The molecule has 4 heteroatoms. The molecule has 1 aromatic carbocycles. The Hall–Kier alpha value is -0.540. The summed E-state index contributed by atoms with van der Waals surface area (Å²) in [7, 11) is -3.09. The number of benzene rings is 1. The quantitative estimate of drug-likeness (QED) is 0.781. The molecule has 2 atom stereocenters. The molecule has 0 aromatic heterocycles. The highest BCUT2D eigenvalue weighted by atomic mass is 35.5. The van der Waals surface area contributed by atoms with E-state index in [2.05, 4.69) is 6.92 Å². The van der Waals surface area contributed by atoms with Gasteiger partial charge in [0.2, 0.25) is 0 Å². The molecule has 0 radical (unpaired) electrons. The van der Waals surface area contributed by atoms with Gasteiger partial charge in [-0.15, -0.1) is 11.6 Å². The van der Waals surface area contributed by atoms with Gasteiger partial charge in [0.1, 0.15) is 0 Å². The van der Waals surface area contributed by atoms with E-state index in [4.69, 9.17) is 11.6 Å². The SMILES string of the molecule is CC1(c2ccc(S(C)(=O)=O)cc2)CC1CCl. The van der Waals surface area contributed by atoms with Crippen LogP contribution in [-0.4, -0.2) is 20.6 Å². The van der Waals surface area contributed by atoms with Gasteiger partial charge in [-0.05, 0) is 35.4 Å². The van der Waals surface area contributed by atoms with Gasteiger partial charge in [0.25, 0.3) is 0 Å². The first-order chi connectivity index (χ1) is 7.38. The maximum absolute atomic E-state index is 11.3. The average molecular weight is 259 g/mol. The maximum atomic E-state index is 11.3. The molecular formula is C12H15ClO2S. The van der Waals surface area contributed by atoms with Crippen LogP contribution in [0.5, 0.6) is 0 Å². The zero-order valence-electron chi connectivity index (χ0n) is 9.40. The summed E-state index contributed by atoms with van der Waals surface area (Å²) < 4.78 is 22.6. The molecule has 1 aromatic rings. The van der Waals surface area contributed by atoms with E-state index in [1.807, 2.05) is 12.1 Å². The van der Waals surface area contributed by atoms with E-state index < -0.39 is 9.84 Å². The summed E-state index contributed by atoms with van der Waals surface area (Å²) in [5.41, 5.74) is 1.34. The number of alkyl halides is 1. The Morgan fingerprint density at radius 1 is 1.38 bits per heavy atom. The van der Waals surface area contributed by atoms with Crippen LogP contribution in [0.3, 0.4) is 0 Å². The largest absolute Gasteiger partial charge is 0.224 e. The summed E-state index contributed by atoms with van der Waals surface area (Å²) in [6.07, 6.45) is 2.32. The molecule has 0 N–H and O–H groups in total. The van der Waals surface area contributed by atoms with Gasteiger partial charge in [0, 0.05) is 12.1 Å². The highest BCUT2D eigenvalue weighted by Crippen LogP contribution is 2.54. The van der Waals surface area contributed by atoms with Crippen molar-refractivity contribution in [2.45, 2.75) is 23.7 Å². The molecule has 1 saturated carbocycles. The molecule has 2 rings (SSSR count). The molecule has 0 aliphatic heterocycles. The van der Waals surface area contributed by atoms with Gasteiger partial charge in [-0.3, -0.25) is 0 Å². The van der Waals surface area contributed by atoms with Crippen LogP contribution in [0.4, 0.5) is 0 Å². The Morgan fingerprint density at radius 3 is 2.31 bits per heavy atom. The molecule has 1 aliphatic rings. The molecule has 16 heavy (non-hydrogen) atoms. The van der Waals surface area contributed by atoms with Crippen molar-refractivity contribution < 1.29 is 8.42 Å². The first-order valence-corrected chi connectivity index (χ1v) is 7.67. The van der Waals surface area contributed by atoms with Crippen molar-refractivity contribution in [3.8, 4) is 0 Å². The Balaban J connectivity index is 2.28. The highest BCUT2D eigenvalue weighted by molar-refractivity contribution is 7.90. The van der Waals surface area contributed by atoms with Crippen LogP contribution < -0.4 is 0 Å². The predicted molar refractivity (Wildman–Crippen MR) is 65.7 cm³/mol. The maximum Gasteiger partial charge on any atom is 0.175 e. The fourth-order valence-electron chi connectivity index (χ4n) is 2.11. The van der Waals surface area contributed by atoms with E-state index in [-0.39, 0.29) is 5.41 Å².